The first-order chi connectivity index (χ1) is 13.8. The summed E-state index contributed by atoms with van der Waals surface area (Å²) in [6.45, 7) is 5.30. The molecule has 1 aliphatic heterocycles. The van der Waals surface area contributed by atoms with Crippen molar-refractivity contribution in [2.24, 2.45) is 0 Å². The summed E-state index contributed by atoms with van der Waals surface area (Å²) in [6, 6.07) is 4.00. The molecule has 9 nitrogen and oxygen atoms in total. The van der Waals surface area contributed by atoms with Crippen LogP contribution < -0.4 is 5.32 Å². The fraction of sp³-hybridized carbons (Fsp3) is 0.350. The standard InChI is InChI=1S/C20H23N3O6/c1-4-8-21-16(24)11-22(3)17(25)12-29-20(28)13-6-7-14-15(10-13)19(27)23(9-5-2)18(14)26/h5-7,10H,2,4,8-9,11-12H2,1,3H3,(H,21,24). The Morgan fingerprint density at radius 2 is 1.90 bits per heavy atom. The summed E-state index contributed by atoms with van der Waals surface area (Å²) in [6.07, 6.45) is 2.21. The predicted octanol–water partition coefficient (Wildman–Crippen LogP) is 0.610. The number of nitrogens with one attached hydrogen (secondary N) is 1. The molecule has 0 bridgehead atoms. The number of fused-ring (bicyclic) bond motifs is 1. The monoisotopic (exact) mass is 401 g/mol. The van der Waals surface area contributed by atoms with E-state index in [0.29, 0.717) is 6.54 Å². The Kier molecular flexibility index (Phi) is 7.24. The number of ether oxygens (including phenoxy) is 1. The van der Waals surface area contributed by atoms with Gasteiger partial charge in [0, 0.05) is 20.1 Å². The smallest absolute Gasteiger partial charge is 0.338 e. The van der Waals surface area contributed by atoms with Crippen LogP contribution in [0.5, 0.6) is 0 Å². The van der Waals surface area contributed by atoms with E-state index in [1.54, 1.807) is 0 Å². The van der Waals surface area contributed by atoms with Crippen molar-refractivity contribution in [1.82, 2.24) is 15.1 Å². The lowest BCUT2D eigenvalue weighted by Gasteiger charge is -2.16. The lowest BCUT2D eigenvalue weighted by Crippen LogP contribution is -2.40. The summed E-state index contributed by atoms with van der Waals surface area (Å²) >= 11 is 0. The lowest BCUT2D eigenvalue weighted by molar-refractivity contribution is -0.137. The first-order valence-corrected chi connectivity index (χ1v) is 9.09. The van der Waals surface area contributed by atoms with Crippen molar-refractivity contribution in [1.29, 1.82) is 0 Å². The predicted molar refractivity (Wildman–Crippen MR) is 103 cm³/mol. The highest BCUT2D eigenvalue weighted by Crippen LogP contribution is 2.24. The number of carbonyl (C=O) groups excluding carboxylic acids is 5. The number of imide groups is 1. The van der Waals surface area contributed by atoms with Crippen LogP contribution in [0.1, 0.15) is 44.4 Å². The van der Waals surface area contributed by atoms with Crippen LogP contribution >= 0.6 is 0 Å². The van der Waals surface area contributed by atoms with Crippen LogP contribution in [-0.4, -0.2) is 72.7 Å². The van der Waals surface area contributed by atoms with Crippen LogP contribution in [-0.2, 0) is 14.3 Å². The molecule has 0 saturated carbocycles. The zero-order valence-corrected chi connectivity index (χ0v) is 16.4. The van der Waals surface area contributed by atoms with Crippen molar-refractivity contribution in [2.75, 3.05) is 33.3 Å². The molecule has 1 aromatic rings. The molecule has 154 valence electrons. The number of nitrogens with zero attached hydrogens (tertiary/aromatic N) is 2. The zero-order valence-electron chi connectivity index (χ0n) is 16.4. The van der Waals surface area contributed by atoms with Crippen LogP contribution in [0, 0.1) is 0 Å². The molecule has 0 aromatic heterocycles. The van der Waals surface area contributed by atoms with E-state index < -0.39 is 30.3 Å². The van der Waals surface area contributed by atoms with Gasteiger partial charge in [-0.3, -0.25) is 24.1 Å². The number of amides is 4. The van der Waals surface area contributed by atoms with Crippen molar-refractivity contribution in [3.05, 3.63) is 47.5 Å². The first-order valence-electron chi connectivity index (χ1n) is 9.09. The molecule has 1 N–H and O–H groups in total. The molecule has 1 heterocycles. The Morgan fingerprint density at radius 1 is 1.21 bits per heavy atom. The van der Waals surface area contributed by atoms with Gasteiger partial charge in [-0.05, 0) is 24.6 Å². The minimum Gasteiger partial charge on any atom is -0.452 e. The van der Waals surface area contributed by atoms with Crippen molar-refractivity contribution in [3.8, 4) is 0 Å². The Labute approximate surface area is 168 Å². The van der Waals surface area contributed by atoms with Crippen molar-refractivity contribution < 1.29 is 28.7 Å². The summed E-state index contributed by atoms with van der Waals surface area (Å²) in [7, 11) is 1.43. The number of esters is 1. The molecule has 29 heavy (non-hydrogen) atoms. The van der Waals surface area contributed by atoms with Gasteiger partial charge in [-0.2, -0.15) is 0 Å². The van der Waals surface area contributed by atoms with Gasteiger partial charge in [0.1, 0.15) is 0 Å². The van der Waals surface area contributed by atoms with Crippen molar-refractivity contribution in [3.63, 3.8) is 0 Å². The minimum absolute atomic E-state index is 0.0431. The highest BCUT2D eigenvalue weighted by molar-refractivity contribution is 6.22. The fourth-order valence-electron chi connectivity index (χ4n) is 2.66. The third-order valence-corrected chi connectivity index (χ3v) is 4.22. The fourth-order valence-corrected chi connectivity index (χ4v) is 2.66. The number of hydrogen-bond acceptors (Lipinski definition) is 6. The maximum Gasteiger partial charge on any atom is 0.338 e. The van der Waals surface area contributed by atoms with Gasteiger partial charge >= 0.3 is 5.97 Å². The largest absolute Gasteiger partial charge is 0.452 e. The van der Waals surface area contributed by atoms with E-state index >= 15 is 0 Å². The summed E-state index contributed by atoms with van der Waals surface area (Å²) in [5, 5.41) is 2.64. The van der Waals surface area contributed by atoms with E-state index in [0.717, 1.165) is 16.2 Å². The van der Waals surface area contributed by atoms with Crippen LogP contribution in [0.2, 0.25) is 0 Å². The second-order valence-corrected chi connectivity index (χ2v) is 6.45. The van der Waals surface area contributed by atoms with Gasteiger partial charge in [-0.1, -0.05) is 13.0 Å². The molecule has 0 saturated heterocycles. The van der Waals surface area contributed by atoms with Gasteiger partial charge in [0.15, 0.2) is 6.61 Å². The summed E-state index contributed by atoms with van der Waals surface area (Å²) in [5.74, 6) is -2.64. The van der Waals surface area contributed by atoms with Gasteiger partial charge < -0.3 is 15.0 Å². The molecular weight excluding hydrogens is 378 g/mol. The molecule has 9 heteroatoms. The normalized spacial score (nSPS) is 12.4. The van der Waals surface area contributed by atoms with Gasteiger partial charge in [0.25, 0.3) is 17.7 Å². The number of rotatable bonds is 9. The molecule has 0 atom stereocenters. The second-order valence-electron chi connectivity index (χ2n) is 6.45. The summed E-state index contributed by atoms with van der Waals surface area (Å²) < 4.78 is 4.98. The lowest BCUT2D eigenvalue weighted by atomic mass is 10.1. The topological polar surface area (TPSA) is 113 Å². The highest BCUT2D eigenvalue weighted by atomic mass is 16.5. The average molecular weight is 401 g/mol. The molecule has 0 spiro atoms. The Bertz CT molecular complexity index is 864. The summed E-state index contributed by atoms with van der Waals surface area (Å²) in [4.78, 5) is 62.6. The maximum atomic E-state index is 12.3. The Morgan fingerprint density at radius 3 is 2.55 bits per heavy atom. The van der Waals surface area contributed by atoms with Crippen LogP contribution in [0.3, 0.4) is 0 Å². The molecule has 1 aliphatic rings. The van der Waals surface area contributed by atoms with Gasteiger partial charge in [-0.25, -0.2) is 4.79 Å². The molecule has 2 rings (SSSR count). The van der Waals surface area contributed by atoms with E-state index in [1.807, 2.05) is 6.92 Å². The molecular formula is C20H23N3O6. The molecule has 0 aliphatic carbocycles. The minimum atomic E-state index is -0.813. The SMILES string of the molecule is C=CCN1C(=O)c2ccc(C(=O)OCC(=O)N(C)CC(=O)NCCC)cc2C1=O. The highest BCUT2D eigenvalue weighted by Gasteiger charge is 2.35. The van der Waals surface area contributed by atoms with Crippen molar-refractivity contribution in [2.45, 2.75) is 13.3 Å². The van der Waals surface area contributed by atoms with E-state index in [2.05, 4.69) is 11.9 Å². The third kappa shape index (κ3) is 5.07. The number of carbonyl (C=O) groups is 5. The average Bonchev–Trinajstić information content (AvgIpc) is 2.94. The van der Waals surface area contributed by atoms with Crippen LogP contribution in [0.15, 0.2) is 30.9 Å². The van der Waals surface area contributed by atoms with Crippen LogP contribution in [0.25, 0.3) is 0 Å². The molecule has 0 unspecified atom stereocenters. The van der Waals surface area contributed by atoms with E-state index in [4.69, 9.17) is 4.74 Å². The van der Waals surface area contributed by atoms with E-state index in [1.165, 1.54) is 31.3 Å². The van der Waals surface area contributed by atoms with Gasteiger partial charge in [0.2, 0.25) is 5.91 Å². The Hall–Kier alpha value is -3.49. The second kappa shape index (κ2) is 9.63. The number of hydrogen-bond donors (Lipinski definition) is 1. The van der Waals surface area contributed by atoms with Gasteiger partial charge in [0.05, 0.1) is 23.2 Å². The van der Waals surface area contributed by atoms with Gasteiger partial charge in [-0.15, -0.1) is 6.58 Å². The quantitative estimate of drug-likeness (QED) is 0.369. The third-order valence-electron chi connectivity index (χ3n) is 4.22. The van der Waals surface area contributed by atoms with Crippen molar-refractivity contribution >= 4 is 29.6 Å². The Balaban J connectivity index is 1.96. The molecule has 0 radical (unpaired) electrons. The van der Waals surface area contributed by atoms with E-state index in [9.17, 15) is 24.0 Å². The zero-order chi connectivity index (χ0) is 21.6. The van der Waals surface area contributed by atoms with Crippen LogP contribution in [0.4, 0.5) is 0 Å². The maximum absolute atomic E-state index is 12.3. The molecule has 1 aromatic carbocycles. The summed E-state index contributed by atoms with van der Waals surface area (Å²) in [5.41, 5.74) is 0.339. The molecule has 4 amide bonds. The number of likely N-dealkylation sites (N-methyl/N-ethyl adjacent to an activating group) is 1. The molecule has 0 fully saturated rings. The first kappa shape index (κ1) is 21.8. The van der Waals surface area contributed by atoms with E-state index in [-0.39, 0.29) is 35.7 Å². The number of benzene rings is 1.